The van der Waals surface area contributed by atoms with Crippen LogP contribution in [0.2, 0.25) is 0 Å². The van der Waals surface area contributed by atoms with Gasteiger partial charge < -0.3 is 4.90 Å². The highest BCUT2D eigenvalue weighted by Gasteiger charge is 2.18. The first-order valence-corrected chi connectivity index (χ1v) is 12.0. The molecule has 7 heteroatoms. The molecule has 0 atom stereocenters. The van der Waals surface area contributed by atoms with Gasteiger partial charge in [0, 0.05) is 50.7 Å². The summed E-state index contributed by atoms with van der Waals surface area (Å²) in [4.78, 5) is 26.4. The van der Waals surface area contributed by atoms with Gasteiger partial charge in [0.2, 0.25) is 5.95 Å². The predicted molar refractivity (Wildman–Crippen MR) is 131 cm³/mol. The fraction of sp³-hybridized carbons (Fsp3) is 0.320. The van der Waals surface area contributed by atoms with Crippen LogP contribution in [0.25, 0.3) is 21.2 Å². The number of aryl methyl sites for hydroxylation is 1. The van der Waals surface area contributed by atoms with Crippen LogP contribution >= 0.6 is 11.5 Å². The molecular formula is C25H27N5OS. The second-order valence-electron chi connectivity index (χ2n) is 8.17. The van der Waals surface area contributed by atoms with Crippen LogP contribution in [0.1, 0.15) is 12.8 Å². The van der Waals surface area contributed by atoms with Crippen molar-refractivity contribution in [2.24, 2.45) is 0 Å². The molecule has 0 saturated carbocycles. The molecule has 2 aromatic carbocycles. The Balaban J connectivity index is 1.07. The minimum absolute atomic E-state index is 0.150. The first-order chi connectivity index (χ1) is 15.8. The molecule has 0 radical (unpaired) electrons. The van der Waals surface area contributed by atoms with E-state index in [1.54, 1.807) is 11.5 Å². The largest absolute Gasteiger partial charge is 0.338 e. The Morgan fingerprint density at radius 3 is 2.22 bits per heavy atom. The number of anilines is 1. The fourth-order valence-electron chi connectivity index (χ4n) is 4.19. The average Bonchev–Trinajstić information content (AvgIpc) is 3.18. The van der Waals surface area contributed by atoms with E-state index in [2.05, 4.69) is 31.9 Å². The molecule has 1 aliphatic heterocycles. The minimum Gasteiger partial charge on any atom is -0.338 e. The van der Waals surface area contributed by atoms with E-state index in [9.17, 15) is 4.79 Å². The van der Waals surface area contributed by atoms with Crippen LogP contribution in [0, 0.1) is 0 Å². The predicted octanol–water partition coefficient (Wildman–Crippen LogP) is 4.12. The Morgan fingerprint density at radius 1 is 0.781 bits per heavy atom. The molecule has 5 rings (SSSR count). The Morgan fingerprint density at radius 2 is 1.47 bits per heavy atom. The fourth-order valence-corrected chi connectivity index (χ4v) is 5.22. The number of nitrogens with zero attached hydrogens (tertiary/aromatic N) is 5. The van der Waals surface area contributed by atoms with Crippen LogP contribution in [-0.4, -0.2) is 51.5 Å². The number of hydrogen-bond donors (Lipinski definition) is 0. The summed E-state index contributed by atoms with van der Waals surface area (Å²) in [5, 5.41) is 0.840. The molecule has 0 spiro atoms. The van der Waals surface area contributed by atoms with Gasteiger partial charge in [0.25, 0.3) is 5.56 Å². The third-order valence-electron chi connectivity index (χ3n) is 6.04. The summed E-state index contributed by atoms with van der Waals surface area (Å²) in [6, 6.07) is 18.1. The molecule has 0 amide bonds. The van der Waals surface area contributed by atoms with Crippen molar-refractivity contribution in [2.45, 2.75) is 19.4 Å². The highest BCUT2D eigenvalue weighted by atomic mass is 32.1. The molecule has 1 aliphatic rings. The molecule has 1 saturated heterocycles. The summed E-state index contributed by atoms with van der Waals surface area (Å²) in [5.41, 5.74) is 2.34. The zero-order valence-electron chi connectivity index (χ0n) is 18.1. The Labute approximate surface area is 191 Å². The lowest BCUT2D eigenvalue weighted by molar-refractivity contribution is 0.250. The van der Waals surface area contributed by atoms with Gasteiger partial charge in [-0.25, -0.2) is 9.97 Å². The third kappa shape index (κ3) is 4.59. The highest BCUT2D eigenvalue weighted by Crippen LogP contribution is 2.19. The third-order valence-corrected chi connectivity index (χ3v) is 7.16. The lowest BCUT2D eigenvalue weighted by atomic mass is 10.1. The van der Waals surface area contributed by atoms with Gasteiger partial charge in [-0.05, 0) is 37.1 Å². The van der Waals surface area contributed by atoms with E-state index in [-0.39, 0.29) is 5.56 Å². The molecule has 4 aromatic rings. The standard InChI is InChI=1S/C25H27N5OS/c31-24-22-10-4-5-11-23(22)32-30(24)13-7-6-12-28-14-16-29(17-15-28)25-26-18-21(19-27-25)20-8-2-1-3-9-20/h1-5,8-11,18-19H,6-7,12-17H2. The lowest BCUT2D eigenvalue weighted by Crippen LogP contribution is -2.47. The summed E-state index contributed by atoms with van der Waals surface area (Å²) >= 11 is 1.58. The van der Waals surface area contributed by atoms with E-state index in [4.69, 9.17) is 0 Å². The molecule has 3 heterocycles. The molecular weight excluding hydrogens is 418 g/mol. The minimum atomic E-state index is 0.150. The maximum absolute atomic E-state index is 12.4. The maximum Gasteiger partial charge on any atom is 0.268 e. The van der Waals surface area contributed by atoms with Crippen LogP contribution in [0.4, 0.5) is 5.95 Å². The van der Waals surface area contributed by atoms with Gasteiger partial charge >= 0.3 is 0 Å². The number of hydrogen-bond acceptors (Lipinski definition) is 6. The van der Waals surface area contributed by atoms with Crippen molar-refractivity contribution in [3.05, 3.63) is 77.3 Å². The molecule has 0 aliphatic carbocycles. The normalized spacial score (nSPS) is 14.8. The van der Waals surface area contributed by atoms with Crippen LogP contribution < -0.4 is 10.5 Å². The molecule has 0 N–H and O–H groups in total. The highest BCUT2D eigenvalue weighted by molar-refractivity contribution is 7.13. The SMILES string of the molecule is O=c1c2ccccc2sn1CCCCN1CCN(c2ncc(-c3ccccc3)cn2)CC1. The lowest BCUT2D eigenvalue weighted by Gasteiger charge is -2.34. The number of rotatable bonds is 7. The average molecular weight is 446 g/mol. The molecule has 2 aromatic heterocycles. The number of unbranched alkanes of at least 4 members (excludes halogenated alkanes) is 1. The van der Waals surface area contributed by atoms with Crippen LogP contribution in [0.15, 0.2) is 71.8 Å². The molecule has 0 unspecified atom stereocenters. The molecule has 6 nitrogen and oxygen atoms in total. The van der Waals surface area contributed by atoms with Crippen molar-refractivity contribution in [3.63, 3.8) is 0 Å². The molecule has 1 fully saturated rings. The number of benzene rings is 2. The van der Waals surface area contributed by atoms with Crippen molar-refractivity contribution in [3.8, 4) is 11.1 Å². The van der Waals surface area contributed by atoms with Crippen molar-refractivity contribution in [2.75, 3.05) is 37.6 Å². The van der Waals surface area contributed by atoms with Crippen LogP contribution in [0.5, 0.6) is 0 Å². The Hall–Kier alpha value is -3.03. The topological polar surface area (TPSA) is 54.3 Å². The first kappa shape index (κ1) is 20.8. The number of aromatic nitrogens is 3. The van der Waals surface area contributed by atoms with E-state index >= 15 is 0 Å². The zero-order chi connectivity index (χ0) is 21.8. The summed E-state index contributed by atoms with van der Waals surface area (Å²) < 4.78 is 2.98. The number of piperazine rings is 1. The van der Waals surface area contributed by atoms with Crippen LogP contribution in [0.3, 0.4) is 0 Å². The van der Waals surface area contributed by atoms with Gasteiger partial charge in [-0.2, -0.15) is 0 Å². The van der Waals surface area contributed by atoms with E-state index in [0.717, 1.165) is 79.3 Å². The molecule has 0 bridgehead atoms. The zero-order valence-corrected chi connectivity index (χ0v) is 18.9. The Kier molecular flexibility index (Phi) is 6.27. The van der Waals surface area contributed by atoms with E-state index in [1.807, 2.05) is 58.8 Å². The van der Waals surface area contributed by atoms with Crippen molar-refractivity contribution in [1.29, 1.82) is 0 Å². The first-order valence-electron chi connectivity index (χ1n) is 11.2. The van der Waals surface area contributed by atoms with Crippen LogP contribution in [-0.2, 0) is 6.54 Å². The van der Waals surface area contributed by atoms with Gasteiger partial charge in [-0.15, -0.1) is 0 Å². The summed E-state index contributed by atoms with van der Waals surface area (Å²) in [5.74, 6) is 0.813. The van der Waals surface area contributed by atoms with E-state index < -0.39 is 0 Å². The van der Waals surface area contributed by atoms with E-state index in [1.165, 1.54) is 0 Å². The number of fused-ring (bicyclic) bond motifs is 1. The summed E-state index contributed by atoms with van der Waals surface area (Å²) in [6.07, 6.45) is 5.96. The van der Waals surface area contributed by atoms with E-state index in [0.29, 0.717) is 0 Å². The maximum atomic E-state index is 12.4. The van der Waals surface area contributed by atoms with Gasteiger partial charge in [0.15, 0.2) is 0 Å². The van der Waals surface area contributed by atoms with Crippen molar-refractivity contribution in [1.82, 2.24) is 18.8 Å². The molecule has 164 valence electrons. The van der Waals surface area contributed by atoms with Gasteiger partial charge in [0.1, 0.15) is 0 Å². The summed E-state index contributed by atoms with van der Waals surface area (Å²) in [6.45, 7) is 5.81. The van der Waals surface area contributed by atoms with Gasteiger partial charge in [0.05, 0.1) is 10.1 Å². The van der Waals surface area contributed by atoms with Crippen molar-refractivity contribution >= 4 is 27.6 Å². The van der Waals surface area contributed by atoms with Gasteiger partial charge in [-0.1, -0.05) is 54.0 Å². The molecule has 32 heavy (non-hydrogen) atoms. The second-order valence-corrected chi connectivity index (χ2v) is 9.23. The van der Waals surface area contributed by atoms with Gasteiger partial charge in [-0.3, -0.25) is 13.7 Å². The second kappa shape index (κ2) is 9.63. The Bertz CT molecular complexity index is 1210. The monoisotopic (exact) mass is 445 g/mol. The summed E-state index contributed by atoms with van der Waals surface area (Å²) in [7, 11) is 0. The quantitative estimate of drug-likeness (QED) is 0.401. The van der Waals surface area contributed by atoms with Crippen molar-refractivity contribution < 1.29 is 0 Å². The smallest absolute Gasteiger partial charge is 0.268 e.